The quantitative estimate of drug-likeness (QED) is 0.750. The molecule has 0 aliphatic carbocycles. The molecule has 0 saturated carbocycles. The molecule has 2 rings (SSSR count). The molecule has 0 unspecified atom stereocenters. The molecule has 0 aromatic heterocycles. The van der Waals surface area contributed by atoms with Crippen LogP contribution < -0.4 is 5.73 Å². The van der Waals surface area contributed by atoms with Crippen LogP contribution >= 0.6 is 0 Å². The largest absolute Gasteiger partial charge is 0.443 e. The number of hydrogen-bond acceptors (Lipinski definition) is 3. The number of benzene rings is 1. The first-order valence-corrected chi connectivity index (χ1v) is 7.76. The van der Waals surface area contributed by atoms with Crippen molar-refractivity contribution in [1.29, 1.82) is 0 Å². The van der Waals surface area contributed by atoms with E-state index in [1.807, 2.05) is 0 Å². The van der Waals surface area contributed by atoms with Gasteiger partial charge in [-0.25, -0.2) is 0 Å². The lowest BCUT2D eigenvalue weighted by atomic mass is 10.0. The number of hydrogen-bond donors (Lipinski definition) is 1. The van der Waals surface area contributed by atoms with Gasteiger partial charge in [0.2, 0.25) is 0 Å². The maximum absolute atomic E-state index is 13.0. The average molecular weight is 380 g/mol. The summed E-state index contributed by atoms with van der Waals surface area (Å²) in [5.74, 6) is 0.0781. The summed E-state index contributed by atoms with van der Waals surface area (Å²) in [4.78, 5) is 4.14. The Hall–Kier alpha value is -2.03. The minimum absolute atomic E-state index is 0.0821. The maximum Gasteiger partial charge on any atom is 0.416 e. The third-order valence-corrected chi connectivity index (χ3v) is 3.45. The van der Waals surface area contributed by atoms with Crippen molar-refractivity contribution in [2.24, 2.45) is 10.7 Å². The minimum Gasteiger partial charge on any atom is -0.443 e. The highest BCUT2D eigenvalue weighted by Gasteiger charge is 2.37. The molecule has 144 valence electrons. The summed E-state index contributed by atoms with van der Waals surface area (Å²) < 4.78 is 83.6. The van der Waals surface area contributed by atoms with E-state index in [2.05, 4.69) is 4.99 Å². The summed E-state index contributed by atoms with van der Waals surface area (Å²) in [5.41, 5.74) is 2.09. The number of aliphatic imine (C=N–C) groups is 1. The van der Waals surface area contributed by atoms with Gasteiger partial charge in [0.25, 0.3) is 0 Å². The highest BCUT2D eigenvalue weighted by molar-refractivity contribution is 5.84. The monoisotopic (exact) mass is 380 g/mol. The van der Waals surface area contributed by atoms with Crippen LogP contribution in [0.1, 0.15) is 43.4 Å². The van der Waals surface area contributed by atoms with Gasteiger partial charge in [0.15, 0.2) is 5.90 Å². The second-order valence-electron chi connectivity index (χ2n) is 6.69. The molecular weight excluding hydrogens is 362 g/mol. The molecule has 0 fully saturated rings. The van der Waals surface area contributed by atoms with Gasteiger partial charge in [0, 0.05) is 24.1 Å². The van der Waals surface area contributed by atoms with Crippen LogP contribution in [-0.2, 0) is 17.1 Å². The first kappa shape index (κ1) is 20.3. The summed E-state index contributed by atoms with van der Waals surface area (Å²) >= 11 is 0. The smallest absolute Gasteiger partial charge is 0.416 e. The predicted molar refractivity (Wildman–Crippen MR) is 85.3 cm³/mol. The Morgan fingerprint density at radius 2 is 1.54 bits per heavy atom. The maximum atomic E-state index is 13.0. The van der Waals surface area contributed by atoms with Gasteiger partial charge in [-0.1, -0.05) is 0 Å². The SMILES string of the molecule is CC(C)(N)CC1=NCCC=C(c2cc(C(F)(F)F)cc(C(F)(F)F)c2)O1. The van der Waals surface area contributed by atoms with Gasteiger partial charge in [-0.15, -0.1) is 0 Å². The molecule has 0 spiro atoms. The fourth-order valence-electron chi connectivity index (χ4n) is 2.34. The predicted octanol–water partition coefficient (Wildman–Crippen LogP) is 5.01. The lowest BCUT2D eigenvalue weighted by Crippen LogP contribution is -2.35. The zero-order chi connectivity index (χ0) is 19.8. The van der Waals surface area contributed by atoms with Gasteiger partial charge in [-0.2, -0.15) is 26.3 Å². The van der Waals surface area contributed by atoms with Gasteiger partial charge in [-0.3, -0.25) is 4.99 Å². The molecule has 9 heteroatoms. The molecule has 0 bridgehead atoms. The molecular formula is C17H18F6N2O. The van der Waals surface area contributed by atoms with Gasteiger partial charge in [0.05, 0.1) is 11.1 Å². The number of nitrogens with two attached hydrogens (primary N) is 1. The van der Waals surface area contributed by atoms with E-state index in [0.29, 0.717) is 25.1 Å². The fourth-order valence-corrected chi connectivity index (χ4v) is 2.34. The zero-order valence-corrected chi connectivity index (χ0v) is 14.1. The molecule has 0 amide bonds. The van der Waals surface area contributed by atoms with Crippen molar-refractivity contribution in [2.45, 2.75) is 44.6 Å². The average Bonchev–Trinajstić information content (AvgIpc) is 2.68. The van der Waals surface area contributed by atoms with Crippen molar-refractivity contribution in [3.63, 3.8) is 0 Å². The molecule has 1 heterocycles. The number of rotatable bonds is 3. The summed E-state index contributed by atoms with van der Waals surface area (Å²) in [6.45, 7) is 3.72. The Balaban J connectivity index is 2.46. The molecule has 0 saturated heterocycles. The summed E-state index contributed by atoms with van der Waals surface area (Å²) in [5, 5.41) is 0. The van der Waals surface area contributed by atoms with Gasteiger partial charge < -0.3 is 10.5 Å². The second-order valence-corrected chi connectivity index (χ2v) is 6.69. The van der Waals surface area contributed by atoms with Crippen molar-refractivity contribution in [3.8, 4) is 0 Å². The number of alkyl halides is 6. The van der Waals surface area contributed by atoms with Crippen molar-refractivity contribution in [1.82, 2.24) is 0 Å². The molecule has 1 aromatic rings. The van der Waals surface area contributed by atoms with Crippen LogP contribution in [0.15, 0.2) is 29.3 Å². The summed E-state index contributed by atoms with van der Waals surface area (Å²) in [6, 6.07) is 1.36. The Morgan fingerprint density at radius 1 is 1.00 bits per heavy atom. The van der Waals surface area contributed by atoms with E-state index in [-0.39, 0.29) is 29.7 Å². The van der Waals surface area contributed by atoms with Gasteiger partial charge in [0.1, 0.15) is 5.76 Å². The zero-order valence-electron chi connectivity index (χ0n) is 14.1. The Bertz CT molecular complexity index is 694. The van der Waals surface area contributed by atoms with E-state index in [1.54, 1.807) is 13.8 Å². The molecule has 0 atom stereocenters. The molecule has 26 heavy (non-hydrogen) atoms. The third-order valence-electron chi connectivity index (χ3n) is 3.45. The van der Waals surface area contributed by atoms with Crippen molar-refractivity contribution in [2.75, 3.05) is 6.54 Å². The van der Waals surface area contributed by atoms with E-state index < -0.39 is 29.0 Å². The van der Waals surface area contributed by atoms with Crippen LogP contribution in [0.25, 0.3) is 5.76 Å². The second kappa shape index (κ2) is 6.94. The van der Waals surface area contributed by atoms with E-state index in [9.17, 15) is 26.3 Å². The molecule has 1 aliphatic rings. The van der Waals surface area contributed by atoms with Crippen molar-refractivity contribution < 1.29 is 31.1 Å². The minimum atomic E-state index is -4.92. The standard InChI is InChI=1S/C17H18F6N2O/c1-15(2,24)9-14-25-5-3-4-13(26-14)10-6-11(16(18,19)20)8-12(7-10)17(21,22)23/h4,6-8H,3,5,9,24H2,1-2H3. The normalized spacial score (nSPS) is 16.5. The summed E-state index contributed by atoms with van der Waals surface area (Å²) in [6.07, 6.45) is -7.90. The summed E-state index contributed by atoms with van der Waals surface area (Å²) in [7, 11) is 0. The molecule has 1 aliphatic heterocycles. The first-order valence-electron chi connectivity index (χ1n) is 7.76. The van der Waals surface area contributed by atoms with Gasteiger partial charge >= 0.3 is 12.4 Å². The highest BCUT2D eigenvalue weighted by Crippen LogP contribution is 2.38. The van der Waals surface area contributed by atoms with Crippen LogP contribution in [0.3, 0.4) is 0 Å². The van der Waals surface area contributed by atoms with E-state index in [0.717, 1.165) is 0 Å². The molecule has 1 aromatic carbocycles. The number of ether oxygens (including phenoxy) is 1. The number of halogens is 6. The molecule has 3 nitrogen and oxygen atoms in total. The number of nitrogens with zero attached hydrogens (tertiary/aromatic N) is 1. The third kappa shape index (κ3) is 5.48. The topological polar surface area (TPSA) is 47.6 Å². The van der Waals surface area contributed by atoms with Gasteiger partial charge in [-0.05, 0) is 44.5 Å². The lowest BCUT2D eigenvalue weighted by Gasteiger charge is -2.21. The Morgan fingerprint density at radius 3 is 2.00 bits per heavy atom. The highest BCUT2D eigenvalue weighted by atomic mass is 19.4. The van der Waals surface area contributed by atoms with Crippen LogP contribution in [0.5, 0.6) is 0 Å². The lowest BCUT2D eigenvalue weighted by molar-refractivity contribution is -0.143. The van der Waals surface area contributed by atoms with Crippen LogP contribution in [0.4, 0.5) is 26.3 Å². The Kier molecular flexibility index (Phi) is 5.41. The van der Waals surface area contributed by atoms with E-state index >= 15 is 0 Å². The molecule has 2 N–H and O–H groups in total. The van der Waals surface area contributed by atoms with Crippen molar-refractivity contribution in [3.05, 3.63) is 41.0 Å². The van der Waals surface area contributed by atoms with Crippen LogP contribution in [0.2, 0.25) is 0 Å². The first-order chi connectivity index (χ1) is 11.8. The van der Waals surface area contributed by atoms with Crippen LogP contribution in [-0.4, -0.2) is 18.0 Å². The van der Waals surface area contributed by atoms with Crippen molar-refractivity contribution >= 4 is 11.7 Å². The Labute approximate surface area is 146 Å². The van der Waals surface area contributed by atoms with E-state index in [4.69, 9.17) is 10.5 Å². The van der Waals surface area contributed by atoms with E-state index in [1.165, 1.54) is 6.08 Å². The van der Waals surface area contributed by atoms with Crippen LogP contribution in [0, 0.1) is 0 Å². The molecule has 0 radical (unpaired) electrons. The fraction of sp³-hybridized carbons (Fsp3) is 0.471.